The topological polar surface area (TPSA) is 152 Å². The van der Waals surface area contributed by atoms with Crippen molar-refractivity contribution in [3.05, 3.63) is 0 Å². The van der Waals surface area contributed by atoms with Gasteiger partial charge in [0.25, 0.3) is 0 Å². The van der Waals surface area contributed by atoms with Crippen molar-refractivity contribution in [1.82, 2.24) is 10.6 Å². The summed E-state index contributed by atoms with van der Waals surface area (Å²) < 4.78 is 5.46. The summed E-state index contributed by atoms with van der Waals surface area (Å²) in [4.78, 5) is 12.8. The van der Waals surface area contributed by atoms with E-state index in [9.17, 15) is 25.2 Å². The summed E-state index contributed by atoms with van der Waals surface area (Å²) in [5, 5.41) is 55.9. The molecule has 0 radical (unpaired) electrons. The van der Waals surface area contributed by atoms with E-state index in [4.69, 9.17) is 9.84 Å². The summed E-state index contributed by atoms with van der Waals surface area (Å²) in [6.45, 7) is 19.2. The highest BCUT2D eigenvalue weighted by Crippen LogP contribution is 2.37. The number of hydrogen-bond acceptors (Lipinski definition) is 7. The molecule has 0 spiro atoms. The zero-order valence-corrected chi connectivity index (χ0v) is 23.7. The Balaban J connectivity index is 5.38. The first-order valence-corrected chi connectivity index (χ1v) is 12.6. The Labute approximate surface area is 212 Å². The van der Waals surface area contributed by atoms with E-state index in [0.717, 1.165) is 12.8 Å². The third kappa shape index (κ3) is 15.0. The van der Waals surface area contributed by atoms with E-state index >= 15 is 0 Å². The average Bonchev–Trinajstić information content (AvgIpc) is 2.61. The molecule has 9 nitrogen and oxygen atoms in total. The molecule has 5 atom stereocenters. The third-order valence-electron chi connectivity index (χ3n) is 5.78. The van der Waals surface area contributed by atoms with Crippen LogP contribution in [-0.4, -0.2) is 87.4 Å². The molecule has 0 aliphatic heterocycles. The van der Waals surface area contributed by atoms with E-state index in [1.807, 2.05) is 27.7 Å². The Bertz CT molecular complexity index is 626. The van der Waals surface area contributed by atoms with E-state index in [2.05, 4.69) is 52.2 Å². The molecule has 9 heteroatoms. The van der Waals surface area contributed by atoms with Gasteiger partial charge < -0.3 is 40.9 Å². The molecule has 0 heterocycles. The second-order valence-corrected chi connectivity index (χ2v) is 13.7. The van der Waals surface area contributed by atoms with Gasteiger partial charge in [-0.25, -0.2) is 4.79 Å². The zero-order valence-electron chi connectivity index (χ0n) is 23.7. The van der Waals surface area contributed by atoms with Gasteiger partial charge in [0.2, 0.25) is 0 Å². The van der Waals surface area contributed by atoms with E-state index in [0.29, 0.717) is 0 Å². The lowest BCUT2D eigenvalue weighted by atomic mass is 9.71. The van der Waals surface area contributed by atoms with Crippen LogP contribution in [0, 0.1) is 16.2 Å². The highest BCUT2D eigenvalue weighted by Gasteiger charge is 2.36. The Morgan fingerprint density at radius 3 is 1.74 bits per heavy atom. The summed E-state index contributed by atoms with van der Waals surface area (Å²) in [6, 6.07) is -1.36. The van der Waals surface area contributed by atoms with Crippen molar-refractivity contribution in [2.75, 3.05) is 19.8 Å². The van der Waals surface area contributed by atoms with Crippen molar-refractivity contribution in [2.45, 2.75) is 124 Å². The van der Waals surface area contributed by atoms with Crippen LogP contribution >= 0.6 is 0 Å². The van der Waals surface area contributed by atoms with Crippen LogP contribution < -0.4 is 10.6 Å². The standard InChI is InChI=1S/C26H54N2O7/c1-23(2,3)15-25(7,8)21(33)11-18(30)17(13-35-14-20(32)19(31)12-29)27-22(34)28-26(9,10)16-24(4,5)6/h17-21,29-33H,11-16H2,1-10H3,(H2,27,28,34). The fraction of sp³-hybridized carbons (Fsp3) is 0.962. The number of rotatable bonds is 14. The molecule has 0 aromatic rings. The van der Waals surface area contributed by atoms with Gasteiger partial charge in [-0.2, -0.15) is 0 Å². The van der Waals surface area contributed by atoms with E-state index in [-0.39, 0.29) is 30.5 Å². The lowest BCUT2D eigenvalue weighted by Crippen LogP contribution is -2.56. The van der Waals surface area contributed by atoms with Gasteiger partial charge >= 0.3 is 6.03 Å². The van der Waals surface area contributed by atoms with E-state index < -0.39 is 54.0 Å². The minimum absolute atomic E-state index is 0.00870. The number of aliphatic hydroxyl groups excluding tert-OH is 5. The molecule has 0 aromatic carbocycles. The molecule has 0 saturated heterocycles. The Morgan fingerprint density at radius 2 is 1.29 bits per heavy atom. The predicted molar refractivity (Wildman–Crippen MR) is 138 cm³/mol. The first kappa shape index (κ1) is 34.0. The van der Waals surface area contributed by atoms with Gasteiger partial charge in [0.1, 0.15) is 12.2 Å². The Morgan fingerprint density at radius 1 is 0.771 bits per heavy atom. The third-order valence-corrected chi connectivity index (χ3v) is 5.78. The number of nitrogens with one attached hydrogen (secondary N) is 2. The fourth-order valence-corrected chi connectivity index (χ4v) is 4.88. The van der Waals surface area contributed by atoms with Crippen LogP contribution in [0.25, 0.3) is 0 Å². The number of carbonyl (C=O) groups excluding carboxylic acids is 1. The fourth-order valence-electron chi connectivity index (χ4n) is 4.88. The van der Waals surface area contributed by atoms with Gasteiger partial charge in [-0.3, -0.25) is 0 Å². The van der Waals surface area contributed by atoms with E-state index in [1.54, 1.807) is 0 Å². The van der Waals surface area contributed by atoms with Crippen LogP contribution in [0.1, 0.15) is 88.5 Å². The number of urea groups is 1. The largest absolute Gasteiger partial charge is 0.394 e. The maximum atomic E-state index is 12.8. The molecule has 35 heavy (non-hydrogen) atoms. The highest BCUT2D eigenvalue weighted by atomic mass is 16.5. The van der Waals surface area contributed by atoms with Crippen molar-refractivity contribution in [1.29, 1.82) is 0 Å². The number of carbonyl (C=O) groups is 1. The molecule has 0 saturated carbocycles. The van der Waals surface area contributed by atoms with Crippen molar-refractivity contribution < 1.29 is 35.1 Å². The molecule has 0 aromatic heterocycles. The molecule has 7 N–H and O–H groups in total. The van der Waals surface area contributed by atoms with Gasteiger partial charge in [0, 0.05) is 12.0 Å². The second kappa shape index (κ2) is 13.5. The smallest absolute Gasteiger partial charge is 0.315 e. The van der Waals surface area contributed by atoms with E-state index in [1.165, 1.54) is 0 Å². The lowest BCUT2D eigenvalue weighted by molar-refractivity contribution is -0.0688. The first-order valence-electron chi connectivity index (χ1n) is 12.6. The Kier molecular flexibility index (Phi) is 13.2. The molecule has 0 aliphatic rings. The van der Waals surface area contributed by atoms with Crippen LogP contribution in [-0.2, 0) is 4.74 Å². The van der Waals surface area contributed by atoms with Crippen molar-refractivity contribution in [3.63, 3.8) is 0 Å². The number of aliphatic hydroxyl groups is 5. The van der Waals surface area contributed by atoms with Gasteiger partial charge in [-0.1, -0.05) is 55.4 Å². The average molecular weight is 507 g/mol. The molecule has 2 amide bonds. The quantitative estimate of drug-likeness (QED) is 0.191. The molecular formula is C26H54N2O7. The highest BCUT2D eigenvalue weighted by molar-refractivity contribution is 5.75. The summed E-state index contributed by atoms with van der Waals surface area (Å²) in [5.41, 5.74) is -0.999. The minimum atomic E-state index is -1.35. The van der Waals surface area contributed by atoms with Crippen LogP contribution in [0.2, 0.25) is 0 Å². The maximum Gasteiger partial charge on any atom is 0.315 e. The monoisotopic (exact) mass is 506 g/mol. The first-order chi connectivity index (χ1) is 15.6. The summed E-state index contributed by atoms with van der Waals surface area (Å²) >= 11 is 0. The lowest BCUT2D eigenvalue weighted by Gasteiger charge is -2.38. The van der Waals surface area contributed by atoms with Crippen LogP contribution in [0.3, 0.4) is 0 Å². The van der Waals surface area contributed by atoms with Gasteiger partial charge in [-0.05, 0) is 42.9 Å². The summed E-state index contributed by atoms with van der Waals surface area (Å²) in [6.07, 6.45) is -3.15. The predicted octanol–water partition coefficient (Wildman–Crippen LogP) is 2.17. The molecule has 0 aliphatic carbocycles. The van der Waals surface area contributed by atoms with Crippen LogP contribution in [0.4, 0.5) is 4.79 Å². The molecule has 5 unspecified atom stereocenters. The summed E-state index contributed by atoms with van der Waals surface area (Å²) in [5.74, 6) is 0. The number of amides is 2. The molecule has 0 bridgehead atoms. The van der Waals surface area contributed by atoms with Crippen LogP contribution in [0.15, 0.2) is 0 Å². The number of ether oxygens (including phenoxy) is 1. The molecule has 210 valence electrons. The molecular weight excluding hydrogens is 452 g/mol. The second-order valence-electron chi connectivity index (χ2n) is 13.7. The zero-order chi connectivity index (χ0) is 27.8. The summed E-state index contributed by atoms with van der Waals surface area (Å²) in [7, 11) is 0. The Hall–Kier alpha value is -0.970. The van der Waals surface area contributed by atoms with Gasteiger partial charge in [-0.15, -0.1) is 0 Å². The van der Waals surface area contributed by atoms with Crippen LogP contribution in [0.5, 0.6) is 0 Å². The molecule has 0 fully saturated rings. The van der Waals surface area contributed by atoms with Gasteiger partial charge in [0.15, 0.2) is 0 Å². The van der Waals surface area contributed by atoms with Crippen molar-refractivity contribution in [2.24, 2.45) is 16.2 Å². The minimum Gasteiger partial charge on any atom is -0.394 e. The van der Waals surface area contributed by atoms with Crippen molar-refractivity contribution in [3.8, 4) is 0 Å². The number of hydrogen-bond donors (Lipinski definition) is 7. The normalized spacial score (nSPS) is 17.9. The van der Waals surface area contributed by atoms with Crippen molar-refractivity contribution >= 4 is 6.03 Å². The molecule has 0 rings (SSSR count). The SMILES string of the molecule is CC(C)(C)CC(C)(C)NC(=O)NC(COCC(O)C(O)CO)C(O)CC(O)C(C)(C)CC(C)(C)C. The maximum absolute atomic E-state index is 12.8. The van der Waals surface area contributed by atoms with Gasteiger partial charge in [0.05, 0.1) is 38.1 Å².